The van der Waals surface area contributed by atoms with Gasteiger partial charge in [-0.05, 0) is 42.0 Å². The molecule has 6 nitrogen and oxygen atoms in total. The van der Waals surface area contributed by atoms with Crippen LogP contribution < -0.4 is 9.80 Å². The molecule has 1 unspecified atom stereocenters. The predicted molar refractivity (Wildman–Crippen MR) is 118 cm³/mol. The summed E-state index contributed by atoms with van der Waals surface area (Å²) in [6.07, 6.45) is 0. The Labute approximate surface area is 188 Å². The Kier molecular flexibility index (Phi) is 4.61. The number of carbonyl (C=O) groups is 2. The van der Waals surface area contributed by atoms with Gasteiger partial charge in [-0.2, -0.15) is 0 Å². The quantitative estimate of drug-likeness (QED) is 0.585. The zero-order valence-corrected chi connectivity index (χ0v) is 18.1. The monoisotopic (exact) mass is 470 g/mol. The van der Waals surface area contributed by atoms with Crippen LogP contribution in [0.4, 0.5) is 15.8 Å². The fourth-order valence-electron chi connectivity index (χ4n) is 4.44. The Balaban J connectivity index is 1.74. The first-order chi connectivity index (χ1) is 15.3. The third-order valence-corrected chi connectivity index (χ3v) is 8.27. The van der Waals surface area contributed by atoms with E-state index in [9.17, 15) is 22.4 Å². The maximum atomic E-state index is 13.9. The lowest BCUT2D eigenvalue weighted by atomic mass is 10.0. The highest BCUT2D eigenvalue weighted by Gasteiger charge is 2.69. The molecule has 0 bridgehead atoms. The number of halogens is 2. The summed E-state index contributed by atoms with van der Waals surface area (Å²) in [6.45, 7) is 0.0260. The maximum Gasteiger partial charge on any atom is 0.274 e. The molecule has 1 atom stereocenters. The van der Waals surface area contributed by atoms with Crippen molar-refractivity contribution in [2.45, 2.75) is 11.4 Å². The van der Waals surface area contributed by atoms with Crippen molar-refractivity contribution in [1.29, 1.82) is 0 Å². The molecule has 0 N–H and O–H groups in total. The summed E-state index contributed by atoms with van der Waals surface area (Å²) in [5, 5.41) is 0.430. The molecule has 0 radical (unpaired) electrons. The van der Waals surface area contributed by atoms with Gasteiger partial charge in [0.2, 0.25) is 5.91 Å². The Hall–Kier alpha value is -3.23. The second kappa shape index (κ2) is 7.15. The number of para-hydroxylation sites is 1. The van der Waals surface area contributed by atoms with Crippen molar-refractivity contribution in [2.75, 3.05) is 15.6 Å². The fraction of sp³-hybridized carbons (Fsp3) is 0.130. The molecule has 1 fully saturated rings. The molecule has 2 heterocycles. The predicted octanol–water partition coefficient (Wildman–Crippen LogP) is 3.64. The third-order valence-electron chi connectivity index (χ3n) is 5.79. The lowest BCUT2D eigenvalue weighted by molar-refractivity contribution is -0.123. The van der Waals surface area contributed by atoms with E-state index in [0.717, 1.165) is 17.0 Å². The summed E-state index contributed by atoms with van der Waals surface area (Å²) in [4.78, 5) is 27.0. The van der Waals surface area contributed by atoms with Crippen molar-refractivity contribution in [3.05, 3.63) is 94.8 Å². The van der Waals surface area contributed by atoms with Crippen LogP contribution in [-0.4, -0.2) is 26.0 Å². The lowest BCUT2D eigenvalue weighted by Gasteiger charge is -2.32. The van der Waals surface area contributed by atoms with Gasteiger partial charge in [-0.3, -0.25) is 14.5 Å². The molecule has 0 aromatic heterocycles. The summed E-state index contributed by atoms with van der Waals surface area (Å²) in [7, 11) is -4.28. The van der Waals surface area contributed by atoms with Gasteiger partial charge in [0.1, 0.15) is 11.6 Å². The maximum absolute atomic E-state index is 13.9. The number of benzene rings is 3. The Morgan fingerprint density at radius 3 is 2.31 bits per heavy atom. The molecule has 9 heteroatoms. The molecule has 5 rings (SSSR count). The van der Waals surface area contributed by atoms with E-state index in [4.69, 9.17) is 11.6 Å². The topological polar surface area (TPSA) is 74.8 Å². The van der Waals surface area contributed by atoms with Gasteiger partial charge in [0.15, 0.2) is 9.84 Å². The van der Waals surface area contributed by atoms with E-state index >= 15 is 0 Å². The molecule has 162 valence electrons. The van der Waals surface area contributed by atoms with Crippen molar-refractivity contribution in [2.24, 2.45) is 0 Å². The van der Waals surface area contributed by atoms with Crippen LogP contribution in [0.2, 0.25) is 5.02 Å². The first-order valence-corrected chi connectivity index (χ1v) is 11.8. The summed E-state index contributed by atoms with van der Waals surface area (Å²) in [5.74, 6) is -2.89. The van der Waals surface area contributed by atoms with Crippen LogP contribution in [0.15, 0.2) is 72.8 Å². The lowest BCUT2D eigenvalue weighted by Crippen LogP contribution is -2.54. The van der Waals surface area contributed by atoms with E-state index in [0.29, 0.717) is 16.3 Å². The second-order valence-corrected chi connectivity index (χ2v) is 10.1. The van der Waals surface area contributed by atoms with Crippen LogP contribution in [0.3, 0.4) is 0 Å². The van der Waals surface area contributed by atoms with Gasteiger partial charge in [-0.25, -0.2) is 12.8 Å². The van der Waals surface area contributed by atoms with Crippen molar-refractivity contribution in [3.63, 3.8) is 0 Å². The highest BCUT2D eigenvalue weighted by Crippen LogP contribution is 2.52. The standard InChI is InChI=1S/C23H16ClFN2O4S/c24-19-7-3-1-5-15(19)13-26-20-8-4-2-6-18(20)23(22(26)29)27(21(28)14-32(23,30)31)17-11-9-16(25)10-12-17/h1-12H,13-14H2. The fourth-order valence-corrected chi connectivity index (χ4v) is 6.66. The summed E-state index contributed by atoms with van der Waals surface area (Å²) < 4.78 is 40.5. The minimum absolute atomic E-state index is 0.0260. The van der Waals surface area contributed by atoms with Gasteiger partial charge >= 0.3 is 0 Å². The molecule has 2 aliphatic heterocycles. The molecule has 0 aliphatic carbocycles. The zero-order chi connectivity index (χ0) is 22.7. The first kappa shape index (κ1) is 20.7. The van der Waals surface area contributed by atoms with E-state index in [2.05, 4.69) is 0 Å². The largest absolute Gasteiger partial charge is 0.304 e. The molecular weight excluding hydrogens is 455 g/mol. The van der Waals surface area contributed by atoms with Gasteiger partial charge in [0.25, 0.3) is 10.8 Å². The van der Waals surface area contributed by atoms with Crippen molar-refractivity contribution >= 4 is 44.6 Å². The summed E-state index contributed by atoms with van der Waals surface area (Å²) in [6, 6.07) is 18.3. The molecule has 2 amide bonds. The number of amides is 2. The van der Waals surface area contributed by atoms with Crippen LogP contribution in [0.25, 0.3) is 0 Å². The number of hydrogen-bond donors (Lipinski definition) is 0. The van der Waals surface area contributed by atoms with Crippen LogP contribution in [-0.2, 0) is 30.8 Å². The van der Waals surface area contributed by atoms with Gasteiger partial charge in [0, 0.05) is 16.3 Å². The van der Waals surface area contributed by atoms with Crippen LogP contribution in [0.5, 0.6) is 0 Å². The second-order valence-electron chi connectivity index (χ2n) is 7.61. The minimum Gasteiger partial charge on any atom is -0.304 e. The van der Waals surface area contributed by atoms with Gasteiger partial charge < -0.3 is 4.90 Å². The summed E-state index contributed by atoms with van der Waals surface area (Å²) >= 11 is 6.29. The molecule has 32 heavy (non-hydrogen) atoms. The van der Waals surface area contributed by atoms with Crippen molar-refractivity contribution in [1.82, 2.24) is 0 Å². The number of fused-ring (bicyclic) bond motifs is 2. The molecule has 1 spiro atoms. The van der Waals surface area contributed by atoms with Gasteiger partial charge in [-0.15, -0.1) is 0 Å². The van der Waals surface area contributed by atoms with Crippen LogP contribution in [0.1, 0.15) is 11.1 Å². The number of rotatable bonds is 3. The zero-order valence-electron chi connectivity index (χ0n) is 16.5. The Bertz CT molecular complexity index is 1380. The third kappa shape index (κ3) is 2.73. The van der Waals surface area contributed by atoms with E-state index in [1.54, 1.807) is 42.5 Å². The highest BCUT2D eigenvalue weighted by molar-refractivity contribution is 7.94. The molecule has 1 saturated heterocycles. The number of sulfone groups is 1. The molecule has 3 aromatic carbocycles. The molecular formula is C23H16ClFN2O4S. The number of nitrogens with zero attached hydrogens (tertiary/aromatic N) is 2. The average Bonchev–Trinajstić information content (AvgIpc) is 3.13. The Morgan fingerprint density at radius 1 is 0.938 bits per heavy atom. The number of carbonyl (C=O) groups excluding carboxylic acids is 2. The van der Waals surface area contributed by atoms with Crippen LogP contribution >= 0.6 is 11.6 Å². The van der Waals surface area contributed by atoms with E-state index in [1.807, 2.05) is 0 Å². The Morgan fingerprint density at radius 2 is 1.59 bits per heavy atom. The minimum atomic E-state index is -4.28. The SMILES string of the molecule is O=C1CS(=O)(=O)C2(C(=O)N(Cc3ccccc3Cl)c3ccccc32)N1c1ccc(F)cc1. The van der Waals surface area contributed by atoms with Gasteiger partial charge in [-0.1, -0.05) is 48.0 Å². The van der Waals surface area contributed by atoms with Gasteiger partial charge in [0.05, 0.1) is 12.2 Å². The van der Waals surface area contributed by atoms with E-state index in [-0.39, 0.29) is 17.8 Å². The van der Waals surface area contributed by atoms with Crippen molar-refractivity contribution in [3.8, 4) is 0 Å². The summed E-state index contributed by atoms with van der Waals surface area (Å²) in [5.41, 5.74) is 1.32. The van der Waals surface area contributed by atoms with Crippen molar-refractivity contribution < 1.29 is 22.4 Å². The van der Waals surface area contributed by atoms with E-state index < -0.39 is 38.1 Å². The number of anilines is 2. The van der Waals surface area contributed by atoms with Crippen LogP contribution in [0, 0.1) is 5.82 Å². The molecule has 3 aromatic rings. The molecule has 2 aliphatic rings. The average molecular weight is 471 g/mol. The number of hydrogen-bond acceptors (Lipinski definition) is 4. The van der Waals surface area contributed by atoms with E-state index in [1.165, 1.54) is 23.1 Å². The molecule has 0 saturated carbocycles. The smallest absolute Gasteiger partial charge is 0.274 e. The highest BCUT2D eigenvalue weighted by atomic mass is 35.5. The first-order valence-electron chi connectivity index (χ1n) is 9.73. The normalized spacial score (nSPS) is 21.4.